The number of carbonyl (C=O) groups is 2. The standard InChI is InChI=1S/C10H7NO4/c12-8-7(6-4-2-1-3-5-6)9(13)11(15)10(8)14/h1-5,12,15H. The predicted octanol–water partition coefficient (Wildman–Crippen LogP) is 0.714. The average molecular weight is 205 g/mol. The second kappa shape index (κ2) is 3.21. The Kier molecular flexibility index (Phi) is 2.02. The maximum atomic E-state index is 11.4. The van der Waals surface area contributed by atoms with Crippen molar-refractivity contribution in [3.8, 4) is 0 Å². The largest absolute Gasteiger partial charge is 0.502 e. The summed E-state index contributed by atoms with van der Waals surface area (Å²) in [6, 6.07) is 8.19. The maximum Gasteiger partial charge on any atom is 0.320 e. The molecule has 0 bridgehead atoms. The number of aliphatic hydroxyl groups is 1. The minimum absolute atomic E-state index is 0.0995. The van der Waals surface area contributed by atoms with Gasteiger partial charge in [0, 0.05) is 0 Å². The van der Waals surface area contributed by atoms with E-state index in [9.17, 15) is 14.7 Å². The number of rotatable bonds is 1. The first-order valence-corrected chi connectivity index (χ1v) is 4.19. The van der Waals surface area contributed by atoms with E-state index in [0.29, 0.717) is 5.56 Å². The van der Waals surface area contributed by atoms with Gasteiger partial charge in [0.1, 0.15) is 0 Å². The van der Waals surface area contributed by atoms with Crippen LogP contribution in [0.5, 0.6) is 0 Å². The molecular weight excluding hydrogens is 198 g/mol. The number of hydroxylamine groups is 2. The molecule has 0 saturated carbocycles. The fourth-order valence-corrected chi connectivity index (χ4v) is 1.37. The Morgan fingerprint density at radius 1 is 1.00 bits per heavy atom. The summed E-state index contributed by atoms with van der Waals surface area (Å²) in [5.41, 5.74) is 0.216. The van der Waals surface area contributed by atoms with Gasteiger partial charge in [0.15, 0.2) is 5.76 Å². The molecule has 0 saturated heterocycles. The number of imide groups is 1. The van der Waals surface area contributed by atoms with Gasteiger partial charge in [-0.2, -0.15) is 0 Å². The van der Waals surface area contributed by atoms with E-state index in [1.807, 2.05) is 0 Å². The number of amides is 2. The van der Waals surface area contributed by atoms with Gasteiger partial charge in [0.05, 0.1) is 5.57 Å². The average Bonchev–Trinajstić information content (AvgIpc) is 2.45. The molecule has 1 aromatic rings. The molecule has 0 aromatic heterocycles. The number of carbonyl (C=O) groups excluding carboxylic acids is 2. The van der Waals surface area contributed by atoms with Gasteiger partial charge in [-0.15, -0.1) is 5.06 Å². The second-order valence-corrected chi connectivity index (χ2v) is 3.01. The van der Waals surface area contributed by atoms with Crippen molar-refractivity contribution in [2.45, 2.75) is 0 Å². The lowest BCUT2D eigenvalue weighted by Crippen LogP contribution is -2.27. The summed E-state index contributed by atoms with van der Waals surface area (Å²) in [6.45, 7) is 0. The molecule has 2 N–H and O–H groups in total. The fraction of sp³-hybridized carbons (Fsp3) is 0. The number of nitrogens with zero attached hydrogens (tertiary/aromatic N) is 1. The van der Waals surface area contributed by atoms with Gasteiger partial charge in [-0.05, 0) is 5.56 Å². The molecule has 2 rings (SSSR count). The first-order chi connectivity index (χ1) is 7.13. The normalized spacial score (nSPS) is 16.5. The lowest BCUT2D eigenvalue weighted by atomic mass is 10.1. The van der Waals surface area contributed by atoms with Crippen LogP contribution in [0, 0.1) is 0 Å². The van der Waals surface area contributed by atoms with Crippen molar-refractivity contribution in [3.63, 3.8) is 0 Å². The van der Waals surface area contributed by atoms with Gasteiger partial charge < -0.3 is 5.11 Å². The SMILES string of the molecule is O=C1C(O)=C(c2ccccc2)C(=O)N1O. The van der Waals surface area contributed by atoms with Crippen molar-refractivity contribution >= 4 is 17.4 Å². The van der Waals surface area contributed by atoms with Crippen LogP contribution in [-0.4, -0.2) is 27.2 Å². The van der Waals surface area contributed by atoms with Crippen molar-refractivity contribution in [1.29, 1.82) is 0 Å². The molecule has 76 valence electrons. The summed E-state index contributed by atoms with van der Waals surface area (Å²) in [4.78, 5) is 22.4. The van der Waals surface area contributed by atoms with E-state index in [0.717, 1.165) is 0 Å². The monoisotopic (exact) mass is 205 g/mol. The zero-order valence-corrected chi connectivity index (χ0v) is 7.54. The van der Waals surface area contributed by atoms with E-state index in [1.165, 1.54) is 0 Å². The fourth-order valence-electron chi connectivity index (χ4n) is 1.37. The molecule has 0 atom stereocenters. The zero-order valence-electron chi connectivity index (χ0n) is 7.54. The molecule has 2 amide bonds. The minimum atomic E-state index is -1.10. The Hall–Kier alpha value is -2.14. The van der Waals surface area contributed by atoms with Crippen molar-refractivity contribution in [2.75, 3.05) is 0 Å². The Morgan fingerprint density at radius 2 is 1.60 bits per heavy atom. The van der Waals surface area contributed by atoms with Gasteiger partial charge in [-0.25, -0.2) is 0 Å². The number of hydrogen-bond donors (Lipinski definition) is 2. The Balaban J connectivity index is 2.55. The van der Waals surface area contributed by atoms with Crippen LogP contribution in [0.15, 0.2) is 36.1 Å². The van der Waals surface area contributed by atoms with Crippen LogP contribution in [0.2, 0.25) is 0 Å². The van der Waals surface area contributed by atoms with E-state index >= 15 is 0 Å². The van der Waals surface area contributed by atoms with Crippen LogP contribution in [0.4, 0.5) is 0 Å². The molecule has 1 aromatic carbocycles. The van der Waals surface area contributed by atoms with E-state index < -0.39 is 17.6 Å². The molecular formula is C10H7NO4. The van der Waals surface area contributed by atoms with Crippen LogP contribution < -0.4 is 0 Å². The second-order valence-electron chi connectivity index (χ2n) is 3.01. The molecule has 1 heterocycles. The van der Waals surface area contributed by atoms with Gasteiger partial charge in [-0.1, -0.05) is 30.3 Å². The highest BCUT2D eigenvalue weighted by Gasteiger charge is 2.38. The summed E-state index contributed by atoms with van der Waals surface area (Å²) in [5.74, 6) is -2.74. The summed E-state index contributed by atoms with van der Waals surface area (Å²) in [6.07, 6.45) is 0. The van der Waals surface area contributed by atoms with Gasteiger partial charge in [0.25, 0.3) is 5.91 Å². The third kappa shape index (κ3) is 1.29. The smallest absolute Gasteiger partial charge is 0.320 e. The molecule has 1 aliphatic heterocycles. The number of aliphatic hydroxyl groups excluding tert-OH is 1. The van der Waals surface area contributed by atoms with Crippen LogP contribution in [-0.2, 0) is 9.59 Å². The number of benzene rings is 1. The minimum Gasteiger partial charge on any atom is -0.502 e. The molecule has 0 spiro atoms. The molecule has 5 nitrogen and oxygen atoms in total. The molecule has 0 aliphatic carbocycles. The topological polar surface area (TPSA) is 77.8 Å². The predicted molar refractivity (Wildman–Crippen MR) is 49.6 cm³/mol. The van der Waals surface area contributed by atoms with Crippen molar-refractivity contribution in [1.82, 2.24) is 5.06 Å². The summed E-state index contributed by atoms with van der Waals surface area (Å²) < 4.78 is 0. The van der Waals surface area contributed by atoms with Crippen LogP contribution in [0.1, 0.15) is 5.56 Å². The first kappa shape index (κ1) is 9.42. The highest BCUT2D eigenvalue weighted by Crippen LogP contribution is 2.26. The maximum absolute atomic E-state index is 11.4. The van der Waals surface area contributed by atoms with Crippen molar-refractivity contribution in [2.24, 2.45) is 0 Å². The summed E-state index contributed by atoms with van der Waals surface area (Å²) in [5, 5.41) is 18.3. The van der Waals surface area contributed by atoms with Crippen LogP contribution in [0.3, 0.4) is 0 Å². The van der Waals surface area contributed by atoms with E-state index in [4.69, 9.17) is 5.21 Å². The highest BCUT2D eigenvalue weighted by molar-refractivity contribution is 6.34. The van der Waals surface area contributed by atoms with Gasteiger partial charge in [0.2, 0.25) is 0 Å². The summed E-state index contributed by atoms with van der Waals surface area (Å²) >= 11 is 0. The van der Waals surface area contributed by atoms with Crippen LogP contribution in [0.25, 0.3) is 5.57 Å². The van der Waals surface area contributed by atoms with Gasteiger partial charge >= 0.3 is 5.91 Å². The highest BCUT2D eigenvalue weighted by atomic mass is 16.5. The quantitative estimate of drug-likeness (QED) is 0.523. The Labute approximate surface area is 84.8 Å². The molecule has 1 aliphatic rings. The van der Waals surface area contributed by atoms with E-state index in [1.54, 1.807) is 30.3 Å². The van der Waals surface area contributed by atoms with E-state index in [2.05, 4.69) is 0 Å². The molecule has 15 heavy (non-hydrogen) atoms. The third-order valence-corrected chi connectivity index (χ3v) is 2.10. The third-order valence-electron chi connectivity index (χ3n) is 2.10. The first-order valence-electron chi connectivity index (χ1n) is 4.19. The molecule has 0 radical (unpaired) electrons. The van der Waals surface area contributed by atoms with Crippen molar-refractivity contribution in [3.05, 3.63) is 41.7 Å². The Bertz CT molecular complexity index is 464. The van der Waals surface area contributed by atoms with Gasteiger partial charge in [-0.3, -0.25) is 14.8 Å². The van der Waals surface area contributed by atoms with E-state index in [-0.39, 0.29) is 10.6 Å². The molecule has 0 unspecified atom stereocenters. The lowest BCUT2D eigenvalue weighted by Gasteiger charge is -2.03. The number of hydrogen-bond acceptors (Lipinski definition) is 4. The molecule has 0 fully saturated rings. The zero-order chi connectivity index (χ0) is 11.0. The Morgan fingerprint density at radius 3 is 2.07 bits per heavy atom. The molecule has 5 heteroatoms. The van der Waals surface area contributed by atoms with Crippen LogP contribution >= 0.6 is 0 Å². The van der Waals surface area contributed by atoms with Crippen molar-refractivity contribution < 1.29 is 19.9 Å². The lowest BCUT2D eigenvalue weighted by molar-refractivity contribution is -0.170. The summed E-state index contributed by atoms with van der Waals surface area (Å²) in [7, 11) is 0.